The summed E-state index contributed by atoms with van der Waals surface area (Å²) in [6.07, 6.45) is 0.0231. The van der Waals surface area contributed by atoms with Crippen LogP contribution < -0.4 is 14.8 Å². The van der Waals surface area contributed by atoms with Crippen molar-refractivity contribution in [2.24, 2.45) is 0 Å². The smallest absolute Gasteiger partial charge is 0.143 e. The number of methoxy groups -OCH3 is 1. The summed E-state index contributed by atoms with van der Waals surface area (Å²) in [5.41, 5.74) is 2.17. The first kappa shape index (κ1) is 11.0. The van der Waals surface area contributed by atoms with Crippen LogP contribution in [-0.4, -0.2) is 13.7 Å². The summed E-state index contributed by atoms with van der Waals surface area (Å²) in [6, 6.07) is 16.0. The van der Waals surface area contributed by atoms with Crippen LogP contribution in [0.5, 0.6) is 11.5 Å². The van der Waals surface area contributed by atoms with Crippen molar-refractivity contribution in [1.82, 2.24) is 0 Å². The van der Waals surface area contributed by atoms with Crippen LogP contribution in [0.3, 0.4) is 0 Å². The maximum absolute atomic E-state index is 6.00. The van der Waals surface area contributed by atoms with Gasteiger partial charge in [0.25, 0.3) is 0 Å². The Kier molecular flexibility index (Phi) is 2.81. The molecule has 3 heteroatoms. The summed E-state index contributed by atoms with van der Waals surface area (Å²) >= 11 is 0. The summed E-state index contributed by atoms with van der Waals surface area (Å²) in [7, 11) is 1.67. The largest absolute Gasteiger partial charge is 0.497 e. The Labute approximate surface area is 106 Å². The molecule has 0 aliphatic carbocycles. The van der Waals surface area contributed by atoms with E-state index < -0.39 is 0 Å². The van der Waals surface area contributed by atoms with E-state index in [1.165, 1.54) is 0 Å². The topological polar surface area (TPSA) is 30.5 Å². The number of ether oxygens (including phenoxy) is 2. The molecule has 1 aliphatic heterocycles. The van der Waals surface area contributed by atoms with E-state index in [0.717, 1.165) is 29.3 Å². The third-order valence-electron chi connectivity index (χ3n) is 3.10. The standard InChI is InChI=1S/C15H15NO2/c1-17-12-6-4-5-11(9-12)15-10-16-13-7-2-3-8-14(13)18-15/h2-9,15-16H,10H2,1H3. The average Bonchev–Trinajstić information content (AvgIpc) is 2.47. The quantitative estimate of drug-likeness (QED) is 0.875. The van der Waals surface area contributed by atoms with Gasteiger partial charge in [0.1, 0.15) is 17.6 Å². The van der Waals surface area contributed by atoms with Gasteiger partial charge in [0, 0.05) is 0 Å². The molecule has 3 rings (SSSR count). The number of benzene rings is 2. The van der Waals surface area contributed by atoms with Gasteiger partial charge in [-0.1, -0.05) is 24.3 Å². The van der Waals surface area contributed by atoms with E-state index in [1.807, 2.05) is 42.5 Å². The molecule has 0 bridgehead atoms. The zero-order chi connectivity index (χ0) is 12.4. The Hall–Kier alpha value is -2.16. The number of nitrogens with one attached hydrogen (secondary N) is 1. The first-order chi connectivity index (χ1) is 8.86. The Morgan fingerprint density at radius 2 is 2.06 bits per heavy atom. The molecule has 1 aliphatic rings. The van der Waals surface area contributed by atoms with Gasteiger partial charge in [-0.15, -0.1) is 0 Å². The second-order valence-corrected chi connectivity index (χ2v) is 4.26. The molecule has 3 nitrogen and oxygen atoms in total. The van der Waals surface area contributed by atoms with Crippen LogP contribution in [-0.2, 0) is 0 Å². The van der Waals surface area contributed by atoms with Gasteiger partial charge < -0.3 is 14.8 Å². The number of para-hydroxylation sites is 2. The van der Waals surface area contributed by atoms with Crippen molar-refractivity contribution in [2.45, 2.75) is 6.10 Å². The summed E-state index contributed by atoms with van der Waals surface area (Å²) in [6.45, 7) is 0.768. The minimum atomic E-state index is 0.0231. The molecule has 0 spiro atoms. The molecular weight excluding hydrogens is 226 g/mol. The zero-order valence-electron chi connectivity index (χ0n) is 10.2. The van der Waals surface area contributed by atoms with Crippen LogP contribution in [0.1, 0.15) is 11.7 Å². The van der Waals surface area contributed by atoms with Crippen LogP contribution >= 0.6 is 0 Å². The molecule has 1 N–H and O–H groups in total. The molecule has 2 aromatic carbocycles. The summed E-state index contributed by atoms with van der Waals surface area (Å²) < 4.78 is 11.2. The van der Waals surface area contributed by atoms with Crippen molar-refractivity contribution in [3.63, 3.8) is 0 Å². The number of fused-ring (bicyclic) bond motifs is 1. The van der Waals surface area contributed by atoms with Crippen LogP contribution in [0.2, 0.25) is 0 Å². The molecule has 0 aromatic heterocycles. The molecule has 0 fully saturated rings. The normalized spacial score (nSPS) is 17.3. The van der Waals surface area contributed by atoms with E-state index in [1.54, 1.807) is 7.11 Å². The molecule has 2 aromatic rings. The minimum absolute atomic E-state index is 0.0231. The Morgan fingerprint density at radius 3 is 2.94 bits per heavy atom. The fourth-order valence-electron chi connectivity index (χ4n) is 2.14. The summed E-state index contributed by atoms with van der Waals surface area (Å²) in [5, 5.41) is 3.38. The Balaban J connectivity index is 1.87. The van der Waals surface area contributed by atoms with E-state index in [2.05, 4.69) is 11.4 Å². The molecule has 0 radical (unpaired) electrons. The Morgan fingerprint density at radius 1 is 1.17 bits per heavy atom. The van der Waals surface area contributed by atoms with Crippen molar-refractivity contribution in [3.05, 3.63) is 54.1 Å². The predicted octanol–water partition coefficient (Wildman–Crippen LogP) is 3.24. The first-order valence-corrected chi connectivity index (χ1v) is 6.00. The van der Waals surface area contributed by atoms with Crippen LogP contribution in [0, 0.1) is 0 Å². The maximum Gasteiger partial charge on any atom is 0.143 e. The lowest BCUT2D eigenvalue weighted by atomic mass is 10.1. The minimum Gasteiger partial charge on any atom is -0.497 e. The molecule has 1 atom stereocenters. The number of hydrogen-bond acceptors (Lipinski definition) is 3. The Bertz CT molecular complexity index is 554. The second kappa shape index (κ2) is 4.61. The van der Waals surface area contributed by atoms with Crippen molar-refractivity contribution in [2.75, 3.05) is 19.0 Å². The fourth-order valence-corrected chi connectivity index (χ4v) is 2.14. The van der Waals surface area contributed by atoms with E-state index in [9.17, 15) is 0 Å². The monoisotopic (exact) mass is 241 g/mol. The van der Waals surface area contributed by atoms with Crippen LogP contribution in [0.25, 0.3) is 0 Å². The highest BCUT2D eigenvalue weighted by Gasteiger charge is 2.20. The molecule has 1 heterocycles. The lowest BCUT2D eigenvalue weighted by Crippen LogP contribution is -2.23. The molecular formula is C15H15NO2. The van der Waals surface area contributed by atoms with Crippen molar-refractivity contribution in [3.8, 4) is 11.5 Å². The van der Waals surface area contributed by atoms with Crippen molar-refractivity contribution < 1.29 is 9.47 Å². The van der Waals surface area contributed by atoms with Gasteiger partial charge in [-0.2, -0.15) is 0 Å². The average molecular weight is 241 g/mol. The summed E-state index contributed by atoms with van der Waals surface area (Å²) in [4.78, 5) is 0. The fraction of sp³-hybridized carbons (Fsp3) is 0.200. The number of hydrogen-bond donors (Lipinski definition) is 1. The second-order valence-electron chi connectivity index (χ2n) is 4.26. The molecule has 0 saturated heterocycles. The third kappa shape index (κ3) is 1.99. The van der Waals surface area contributed by atoms with Crippen molar-refractivity contribution in [1.29, 1.82) is 0 Å². The molecule has 92 valence electrons. The first-order valence-electron chi connectivity index (χ1n) is 6.00. The highest BCUT2D eigenvalue weighted by atomic mass is 16.5. The van der Waals surface area contributed by atoms with E-state index in [4.69, 9.17) is 9.47 Å². The van der Waals surface area contributed by atoms with Crippen molar-refractivity contribution >= 4 is 5.69 Å². The highest BCUT2D eigenvalue weighted by Crippen LogP contribution is 2.34. The number of anilines is 1. The van der Waals surface area contributed by atoms with Gasteiger partial charge >= 0.3 is 0 Å². The molecule has 0 amide bonds. The van der Waals surface area contributed by atoms with E-state index >= 15 is 0 Å². The lowest BCUT2D eigenvalue weighted by Gasteiger charge is -2.27. The van der Waals surface area contributed by atoms with Gasteiger partial charge in [-0.3, -0.25) is 0 Å². The summed E-state index contributed by atoms with van der Waals surface area (Å²) in [5.74, 6) is 1.76. The van der Waals surface area contributed by atoms with Gasteiger partial charge in [0.05, 0.1) is 19.3 Å². The van der Waals surface area contributed by atoms with Gasteiger partial charge in [0.15, 0.2) is 0 Å². The van der Waals surface area contributed by atoms with E-state index in [0.29, 0.717) is 0 Å². The van der Waals surface area contributed by atoms with Gasteiger partial charge in [-0.25, -0.2) is 0 Å². The van der Waals surface area contributed by atoms with Gasteiger partial charge in [-0.05, 0) is 29.8 Å². The van der Waals surface area contributed by atoms with Crippen LogP contribution in [0.15, 0.2) is 48.5 Å². The molecule has 1 unspecified atom stereocenters. The zero-order valence-corrected chi connectivity index (χ0v) is 10.2. The van der Waals surface area contributed by atoms with Gasteiger partial charge in [0.2, 0.25) is 0 Å². The number of rotatable bonds is 2. The SMILES string of the molecule is COc1cccc(C2CNc3ccccc3O2)c1. The molecule has 0 saturated carbocycles. The van der Waals surface area contributed by atoms with E-state index in [-0.39, 0.29) is 6.10 Å². The van der Waals surface area contributed by atoms with Crippen LogP contribution in [0.4, 0.5) is 5.69 Å². The third-order valence-corrected chi connectivity index (χ3v) is 3.10. The maximum atomic E-state index is 6.00. The molecule has 18 heavy (non-hydrogen) atoms. The highest BCUT2D eigenvalue weighted by molar-refractivity contribution is 5.58. The lowest BCUT2D eigenvalue weighted by molar-refractivity contribution is 0.210. The predicted molar refractivity (Wildman–Crippen MR) is 71.3 cm³/mol.